The Hall–Kier alpha value is -1.22. The fraction of sp³-hybridized carbons (Fsp3) is 0.600. The van der Waals surface area contributed by atoms with Crippen molar-refractivity contribution in [1.29, 1.82) is 0 Å². The highest BCUT2D eigenvalue weighted by atomic mass is 16.5. The standard InChI is InChI=1S/C15H25NO2/c1-2-12-17-14-9-5-6-10-15(14)18-13-8-4-3-7-11-16/h5-6,9-10H,2-4,7-8,11-13,16H2,1H3. The Morgan fingerprint density at radius 1 is 0.889 bits per heavy atom. The lowest BCUT2D eigenvalue weighted by molar-refractivity contribution is 0.263. The zero-order chi connectivity index (χ0) is 13.1. The third kappa shape index (κ3) is 5.92. The van der Waals surface area contributed by atoms with Crippen molar-refractivity contribution in [1.82, 2.24) is 0 Å². The van der Waals surface area contributed by atoms with Crippen LogP contribution in [0.3, 0.4) is 0 Å². The van der Waals surface area contributed by atoms with Crippen LogP contribution in [0.15, 0.2) is 24.3 Å². The van der Waals surface area contributed by atoms with Crippen molar-refractivity contribution < 1.29 is 9.47 Å². The molecule has 102 valence electrons. The minimum Gasteiger partial charge on any atom is -0.490 e. The topological polar surface area (TPSA) is 44.5 Å². The molecule has 0 amide bonds. The number of hydrogen-bond donors (Lipinski definition) is 1. The Labute approximate surface area is 110 Å². The van der Waals surface area contributed by atoms with Crippen LogP contribution >= 0.6 is 0 Å². The average molecular weight is 251 g/mol. The third-order valence-electron chi connectivity index (χ3n) is 2.67. The van der Waals surface area contributed by atoms with Crippen LogP contribution < -0.4 is 15.2 Å². The summed E-state index contributed by atoms with van der Waals surface area (Å²) in [5.74, 6) is 1.70. The number of hydrogen-bond acceptors (Lipinski definition) is 3. The lowest BCUT2D eigenvalue weighted by atomic mass is 10.2. The molecule has 3 heteroatoms. The van der Waals surface area contributed by atoms with Gasteiger partial charge in [-0.25, -0.2) is 0 Å². The highest BCUT2D eigenvalue weighted by Crippen LogP contribution is 2.26. The summed E-state index contributed by atoms with van der Waals surface area (Å²) < 4.78 is 11.4. The van der Waals surface area contributed by atoms with Gasteiger partial charge < -0.3 is 15.2 Å². The Morgan fingerprint density at radius 3 is 2.11 bits per heavy atom. The van der Waals surface area contributed by atoms with Crippen LogP contribution in [0.1, 0.15) is 39.0 Å². The van der Waals surface area contributed by atoms with Crippen LogP contribution in [0.4, 0.5) is 0 Å². The fourth-order valence-corrected chi connectivity index (χ4v) is 1.68. The Balaban J connectivity index is 2.27. The first-order chi connectivity index (χ1) is 8.88. The van der Waals surface area contributed by atoms with Crippen LogP contribution in [-0.2, 0) is 0 Å². The molecule has 0 heterocycles. The number of ether oxygens (including phenoxy) is 2. The molecule has 2 N–H and O–H groups in total. The lowest BCUT2D eigenvalue weighted by Crippen LogP contribution is -2.02. The SMILES string of the molecule is CCCOc1ccccc1OCCCCCCN. The van der Waals surface area contributed by atoms with Crippen molar-refractivity contribution in [3.63, 3.8) is 0 Å². The van der Waals surface area contributed by atoms with Gasteiger partial charge in [-0.3, -0.25) is 0 Å². The van der Waals surface area contributed by atoms with E-state index in [9.17, 15) is 0 Å². The molecule has 0 aliphatic rings. The van der Waals surface area contributed by atoms with E-state index in [1.54, 1.807) is 0 Å². The number of unbranched alkanes of at least 4 members (excludes halogenated alkanes) is 3. The average Bonchev–Trinajstić information content (AvgIpc) is 2.41. The van der Waals surface area contributed by atoms with Crippen molar-refractivity contribution in [3.8, 4) is 11.5 Å². The van der Waals surface area contributed by atoms with Crippen molar-refractivity contribution in [2.24, 2.45) is 5.73 Å². The van der Waals surface area contributed by atoms with E-state index in [0.717, 1.165) is 50.5 Å². The molecular formula is C15H25NO2. The molecule has 18 heavy (non-hydrogen) atoms. The third-order valence-corrected chi connectivity index (χ3v) is 2.67. The first kappa shape index (κ1) is 14.8. The van der Waals surface area contributed by atoms with E-state index >= 15 is 0 Å². The summed E-state index contributed by atoms with van der Waals surface area (Å²) in [5, 5.41) is 0. The van der Waals surface area contributed by atoms with Gasteiger partial charge in [0, 0.05) is 0 Å². The molecule has 1 aromatic rings. The molecule has 0 aliphatic heterocycles. The van der Waals surface area contributed by atoms with E-state index in [2.05, 4.69) is 6.92 Å². The summed E-state index contributed by atoms with van der Waals surface area (Å²) in [5.41, 5.74) is 5.45. The van der Waals surface area contributed by atoms with Crippen molar-refractivity contribution in [2.75, 3.05) is 19.8 Å². The van der Waals surface area contributed by atoms with E-state index in [4.69, 9.17) is 15.2 Å². The molecule has 1 rings (SSSR count). The van der Waals surface area contributed by atoms with Gasteiger partial charge in [0.25, 0.3) is 0 Å². The summed E-state index contributed by atoms with van der Waals surface area (Å²) in [4.78, 5) is 0. The van der Waals surface area contributed by atoms with Crippen LogP contribution in [0.2, 0.25) is 0 Å². The van der Waals surface area contributed by atoms with Crippen molar-refractivity contribution in [2.45, 2.75) is 39.0 Å². The van der Waals surface area contributed by atoms with Crippen molar-refractivity contribution >= 4 is 0 Å². The molecule has 0 aliphatic carbocycles. The lowest BCUT2D eigenvalue weighted by Gasteiger charge is -2.11. The molecule has 0 atom stereocenters. The van der Waals surface area contributed by atoms with Gasteiger partial charge in [0.05, 0.1) is 13.2 Å². The highest BCUT2D eigenvalue weighted by Gasteiger charge is 2.03. The van der Waals surface area contributed by atoms with Gasteiger partial charge in [-0.15, -0.1) is 0 Å². The molecular weight excluding hydrogens is 226 g/mol. The summed E-state index contributed by atoms with van der Waals surface area (Å²) in [6.45, 7) is 4.36. The monoisotopic (exact) mass is 251 g/mol. The number of para-hydroxylation sites is 2. The van der Waals surface area contributed by atoms with E-state index in [0.29, 0.717) is 0 Å². The molecule has 0 saturated heterocycles. The predicted octanol–water partition coefficient (Wildman–Crippen LogP) is 3.37. The van der Waals surface area contributed by atoms with Crippen molar-refractivity contribution in [3.05, 3.63) is 24.3 Å². The second-order valence-electron chi connectivity index (χ2n) is 4.35. The first-order valence-corrected chi connectivity index (χ1v) is 6.93. The molecule has 0 unspecified atom stereocenters. The quantitative estimate of drug-likeness (QED) is 0.648. The molecule has 3 nitrogen and oxygen atoms in total. The Bertz CT molecular complexity index is 315. The molecule has 0 radical (unpaired) electrons. The Kier molecular flexibility index (Phi) is 8.06. The van der Waals surface area contributed by atoms with Gasteiger partial charge in [-0.2, -0.15) is 0 Å². The molecule has 0 spiro atoms. The second-order valence-corrected chi connectivity index (χ2v) is 4.35. The van der Waals surface area contributed by atoms with Crippen LogP contribution in [0.5, 0.6) is 11.5 Å². The zero-order valence-electron chi connectivity index (χ0n) is 11.4. The number of nitrogens with two attached hydrogens (primary N) is 1. The van der Waals surface area contributed by atoms with Gasteiger partial charge in [-0.05, 0) is 37.9 Å². The van der Waals surface area contributed by atoms with Crippen LogP contribution in [0, 0.1) is 0 Å². The van der Waals surface area contributed by atoms with Crippen LogP contribution in [0.25, 0.3) is 0 Å². The van der Waals surface area contributed by atoms with Gasteiger partial charge in [0.15, 0.2) is 11.5 Å². The molecule has 0 bridgehead atoms. The second kappa shape index (κ2) is 9.77. The highest BCUT2D eigenvalue weighted by molar-refractivity contribution is 5.39. The van der Waals surface area contributed by atoms with Gasteiger partial charge in [0.2, 0.25) is 0 Å². The van der Waals surface area contributed by atoms with E-state index < -0.39 is 0 Å². The molecule has 0 fully saturated rings. The largest absolute Gasteiger partial charge is 0.490 e. The maximum absolute atomic E-state index is 5.76. The number of benzene rings is 1. The maximum Gasteiger partial charge on any atom is 0.161 e. The minimum atomic E-state index is 0.733. The number of rotatable bonds is 10. The summed E-state index contributed by atoms with van der Waals surface area (Å²) >= 11 is 0. The Morgan fingerprint density at radius 2 is 1.50 bits per heavy atom. The smallest absolute Gasteiger partial charge is 0.161 e. The predicted molar refractivity (Wildman–Crippen MR) is 75.2 cm³/mol. The van der Waals surface area contributed by atoms with Gasteiger partial charge in [0.1, 0.15) is 0 Å². The van der Waals surface area contributed by atoms with Crippen LogP contribution in [-0.4, -0.2) is 19.8 Å². The van der Waals surface area contributed by atoms with E-state index in [1.165, 1.54) is 12.8 Å². The van der Waals surface area contributed by atoms with E-state index in [1.807, 2.05) is 24.3 Å². The maximum atomic E-state index is 5.76. The summed E-state index contributed by atoms with van der Waals surface area (Å²) in [7, 11) is 0. The summed E-state index contributed by atoms with van der Waals surface area (Å²) in [6, 6.07) is 7.87. The minimum absolute atomic E-state index is 0.733. The first-order valence-electron chi connectivity index (χ1n) is 6.93. The zero-order valence-corrected chi connectivity index (χ0v) is 11.4. The molecule has 0 aromatic heterocycles. The fourth-order valence-electron chi connectivity index (χ4n) is 1.68. The molecule has 0 saturated carbocycles. The normalized spacial score (nSPS) is 10.3. The summed E-state index contributed by atoms with van der Waals surface area (Å²) in [6.07, 6.45) is 5.55. The van der Waals surface area contributed by atoms with E-state index in [-0.39, 0.29) is 0 Å². The molecule has 1 aromatic carbocycles. The van der Waals surface area contributed by atoms with Gasteiger partial charge in [-0.1, -0.05) is 31.9 Å². The van der Waals surface area contributed by atoms with Gasteiger partial charge >= 0.3 is 0 Å².